The van der Waals surface area contributed by atoms with Crippen molar-refractivity contribution in [1.29, 1.82) is 0 Å². The molecule has 1 amide bonds. The minimum Gasteiger partial charge on any atom is -0.325 e. The predicted octanol–water partition coefficient (Wildman–Crippen LogP) is 1.88. The van der Waals surface area contributed by atoms with Gasteiger partial charge in [0.1, 0.15) is 5.82 Å². The van der Waals surface area contributed by atoms with Gasteiger partial charge in [-0.15, -0.1) is 0 Å². The van der Waals surface area contributed by atoms with Crippen molar-refractivity contribution < 1.29 is 9.18 Å². The van der Waals surface area contributed by atoms with Crippen LogP contribution < -0.4 is 5.32 Å². The van der Waals surface area contributed by atoms with Crippen molar-refractivity contribution in [1.82, 2.24) is 0 Å². The summed E-state index contributed by atoms with van der Waals surface area (Å²) in [5.74, 6) is 0.253. The monoisotopic (exact) mass is 177 g/mol. The zero-order valence-electron chi connectivity index (χ0n) is 6.88. The van der Waals surface area contributed by atoms with Crippen LogP contribution in [0.15, 0.2) is 18.2 Å². The molecule has 1 aromatic carbocycles. The summed E-state index contributed by atoms with van der Waals surface area (Å²) in [7, 11) is 0. The van der Waals surface area contributed by atoms with Gasteiger partial charge in [-0.05, 0) is 30.0 Å². The Kier molecular flexibility index (Phi) is 1.14. The van der Waals surface area contributed by atoms with Crippen LogP contribution in [0.5, 0.6) is 0 Å². The first-order valence-corrected chi connectivity index (χ1v) is 4.36. The highest BCUT2D eigenvalue weighted by atomic mass is 19.1. The minimum atomic E-state index is -0.293. The maximum atomic E-state index is 12.8. The van der Waals surface area contributed by atoms with E-state index < -0.39 is 0 Å². The Bertz CT molecular complexity index is 402. The number of carbonyl (C=O) groups excluding carboxylic acids is 1. The van der Waals surface area contributed by atoms with Gasteiger partial charge >= 0.3 is 0 Å². The molecule has 0 radical (unpaired) electrons. The molecule has 66 valence electrons. The molecule has 0 bridgehead atoms. The fourth-order valence-electron chi connectivity index (χ4n) is 2.01. The van der Waals surface area contributed by atoms with Crippen molar-refractivity contribution in [3.8, 4) is 0 Å². The number of hydrogen-bond acceptors (Lipinski definition) is 1. The number of anilines is 1. The molecule has 1 aromatic rings. The Morgan fingerprint density at radius 1 is 1.38 bits per heavy atom. The molecule has 1 saturated carbocycles. The third-order valence-corrected chi connectivity index (χ3v) is 2.80. The second-order valence-electron chi connectivity index (χ2n) is 3.67. The van der Waals surface area contributed by atoms with Crippen molar-refractivity contribution in [3.05, 3.63) is 29.6 Å². The number of amides is 1. The average Bonchev–Trinajstić information content (AvgIpc) is 2.83. The standard InChI is InChI=1S/C10H8FNO/c11-5-1-2-6-7-4-8(7)10(13)12-9(6)3-5/h1-3,7-8H,4H2,(H,12,13). The quantitative estimate of drug-likeness (QED) is 0.644. The van der Waals surface area contributed by atoms with Crippen LogP contribution in [0.1, 0.15) is 17.9 Å². The van der Waals surface area contributed by atoms with E-state index in [-0.39, 0.29) is 17.6 Å². The zero-order chi connectivity index (χ0) is 9.00. The Morgan fingerprint density at radius 2 is 2.23 bits per heavy atom. The topological polar surface area (TPSA) is 29.1 Å². The lowest BCUT2D eigenvalue weighted by molar-refractivity contribution is -0.117. The van der Waals surface area contributed by atoms with Gasteiger partial charge in [-0.2, -0.15) is 0 Å². The van der Waals surface area contributed by atoms with Gasteiger partial charge in [0.25, 0.3) is 0 Å². The molecule has 1 aliphatic heterocycles. The number of benzene rings is 1. The molecule has 1 heterocycles. The lowest BCUT2D eigenvalue weighted by Gasteiger charge is -2.15. The number of rotatable bonds is 0. The summed E-state index contributed by atoms with van der Waals surface area (Å²) in [5, 5.41) is 2.71. The molecule has 3 rings (SSSR count). The molecule has 0 aromatic heterocycles. The van der Waals surface area contributed by atoms with Crippen LogP contribution in [0.4, 0.5) is 10.1 Å². The highest BCUT2D eigenvalue weighted by Gasteiger charge is 2.48. The number of fused-ring (bicyclic) bond motifs is 3. The SMILES string of the molecule is O=C1Nc2cc(F)ccc2C2CC12. The smallest absolute Gasteiger partial charge is 0.228 e. The summed E-state index contributed by atoms with van der Waals surface area (Å²) in [6.07, 6.45) is 0.921. The van der Waals surface area contributed by atoms with E-state index in [1.165, 1.54) is 12.1 Å². The molecule has 3 heteroatoms. The Morgan fingerprint density at radius 3 is 3.08 bits per heavy atom. The van der Waals surface area contributed by atoms with E-state index in [1.54, 1.807) is 6.07 Å². The first kappa shape index (κ1) is 7.06. The Balaban J connectivity index is 2.14. The van der Waals surface area contributed by atoms with Gasteiger partial charge in [0, 0.05) is 11.6 Å². The molecular weight excluding hydrogens is 169 g/mol. The molecule has 1 N–H and O–H groups in total. The number of hydrogen-bond donors (Lipinski definition) is 1. The van der Waals surface area contributed by atoms with E-state index in [9.17, 15) is 9.18 Å². The van der Waals surface area contributed by atoms with Crippen molar-refractivity contribution in [3.63, 3.8) is 0 Å². The van der Waals surface area contributed by atoms with E-state index in [0.29, 0.717) is 11.6 Å². The maximum absolute atomic E-state index is 12.8. The van der Waals surface area contributed by atoms with Gasteiger partial charge in [-0.25, -0.2) is 4.39 Å². The molecule has 0 saturated heterocycles. The third-order valence-electron chi connectivity index (χ3n) is 2.80. The summed E-state index contributed by atoms with van der Waals surface area (Å²) < 4.78 is 12.8. The fourth-order valence-corrected chi connectivity index (χ4v) is 2.01. The number of carbonyl (C=O) groups is 1. The second kappa shape index (κ2) is 2.10. The van der Waals surface area contributed by atoms with Crippen LogP contribution in [-0.2, 0) is 4.79 Å². The molecular formula is C10H8FNO. The molecule has 2 aliphatic rings. The summed E-state index contributed by atoms with van der Waals surface area (Å²) >= 11 is 0. The van der Waals surface area contributed by atoms with Crippen LogP contribution in [-0.4, -0.2) is 5.91 Å². The van der Waals surface area contributed by atoms with Gasteiger partial charge < -0.3 is 5.32 Å². The van der Waals surface area contributed by atoms with E-state index in [2.05, 4.69) is 5.32 Å². The normalized spacial score (nSPS) is 28.8. The van der Waals surface area contributed by atoms with Gasteiger partial charge in [0.05, 0.1) is 0 Å². The van der Waals surface area contributed by atoms with Gasteiger partial charge in [-0.1, -0.05) is 6.07 Å². The maximum Gasteiger partial charge on any atom is 0.228 e. The average molecular weight is 177 g/mol. The van der Waals surface area contributed by atoms with Crippen LogP contribution in [0.2, 0.25) is 0 Å². The molecule has 1 aliphatic carbocycles. The zero-order valence-corrected chi connectivity index (χ0v) is 6.88. The van der Waals surface area contributed by atoms with E-state index in [1.807, 2.05) is 0 Å². The van der Waals surface area contributed by atoms with Crippen molar-refractivity contribution in [2.24, 2.45) is 5.92 Å². The number of halogens is 1. The summed E-state index contributed by atoms with van der Waals surface area (Å²) in [6, 6.07) is 4.61. The second-order valence-corrected chi connectivity index (χ2v) is 3.67. The van der Waals surface area contributed by atoms with E-state index >= 15 is 0 Å². The van der Waals surface area contributed by atoms with Crippen molar-refractivity contribution >= 4 is 11.6 Å². The Hall–Kier alpha value is -1.38. The number of nitrogens with one attached hydrogen (secondary N) is 1. The van der Waals surface area contributed by atoms with Crippen molar-refractivity contribution in [2.45, 2.75) is 12.3 Å². The highest BCUT2D eigenvalue weighted by Crippen LogP contribution is 2.53. The molecule has 1 fully saturated rings. The van der Waals surface area contributed by atoms with Gasteiger partial charge in [0.15, 0.2) is 0 Å². The van der Waals surface area contributed by atoms with Crippen LogP contribution in [0.3, 0.4) is 0 Å². The lowest BCUT2D eigenvalue weighted by atomic mass is 10.0. The predicted molar refractivity (Wildman–Crippen MR) is 45.9 cm³/mol. The molecule has 13 heavy (non-hydrogen) atoms. The van der Waals surface area contributed by atoms with E-state index in [0.717, 1.165) is 12.0 Å². The largest absolute Gasteiger partial charge is 0.325 e. The lowest BCUT2D eigenvalue weighted by Crippen LogP contribution is -2.19. The minimum absolute atomic E-state index is 0.0445. The Labute approximate surface area is 74.8 Å². The van der Waals surface area contributed by atoms with Crippen LogP contribution in [0, 0.1) is 11.7 Å². The first-order chi connectivity index (χ1) is 6.25. The molecule has 2 nitrogen and oxygen atoms in total. The van der Waals surface area contributed by atoms with Crippen LogP contribution >= 0.6 is 0 Å². The molecule has 0 spiro atoms. The molecule has 2 atom stereocenters. The van der Waals surface area contributed by atoms with E-state index in [4.69, 9.17) is 0 Å². The third kappa shape index (κ3) is 0.899. The van der Waals surface area contributed by atoms with Crippen LogP contribution in [0.25, 0.3) is 0 Å². The highest BCUT2D eigenvalue weighted by molar-refractivity contribution is 5.99. The van der Waals surface area contributed by atoms with Crippen molar-refractivity contribution in [2.75, 3.05) is 5.32 Å². The summed E-state index contributed by atoms with van der Waals surface area (Å²) in [4.78, 5) is 11.3. The summed E-state index contributed by atoms with van der Waals surface area (Å²) in [6.45, 7) is 0. The fraction of sp³-hybridized carbons (Fsp3) is 0.300. The van der Waals surface area contributed by atoms with Gasteiger partial charge in [0.2, 0.25) is 5.91 Å². The molecule has 2 unspecified atom stereocenters. The van der Waals surface area contributed by atoms with Gasteiger partial charge in [-0.3, -0.25) is 4.79 Å². The summed E-state index contributed by atoms with van der Waals surface area (Å²) in [5.41, 5.74) is 1.75. The first-order valence-electron chi connectivity index (χ1n) is 4.36.